The van der Waals surface area contributed by atoms with Crippen molar-refractivity contribution in [3.63, 3.8) is 0 Å². The van der Waals surface area contributed by atoms with E-state index in [0.29, 0.717) is 26.1 Å². The smallest absolute Gasteiger partial charge is 0.240 e. The second kappa shape index (κ2) is 7.06. The summed E-state index contributed by atoms with van der Waals surface area (Å²) in [6.45, 7) is 3.79. The van der Waals surface area contributed by atoms with E-state index in [0.717, 1.165) is 12.0 Å². The summed E-state index contributed by atoms with van der Waals surface area (Å²) in [6, 6.07) is 11.8. The summed E-state index contributed by atoms with van der Waals surface area (Å²) in [4.78, 5) is 14.2. The predicted molar refractivity (Wildman–Crippen MR) is 75.9 cm³/mol. The second-order valence-corrected chi connectivity index (χ2v) is 5.06. The SMILES string of the molecule is CCC1CN(C(=O)C(C#N)Cc2ccccc2)CCO1. The lowest BCUT2D eigenvalue weighted by atomic mass is 9.99. The summed E-state index contributed by atoms with van der Waals surface area (Å²) < 4.78 is 5.56. The minimum atomic E-state index is -0.604. The molecule has 0 radical (unpaired) electrons. The molecule has 4 nitrogen and oxygen atoms in total. The fraction of sp³-hybridized carbons (Fsp3) is 0.500. The molecule has 0 N–H and O–H groups in total. The molecule has 2 unspecified atom stereocenters. The van der Waals surface area contributed by atoms with Crippen molar-refractivity contribution in [1.82, 2.24) is 4.90 Å². The van der Waals surface area contributed by atoms with Crippen LogP contribution in [0.3, 0.4) is 0 Å². The third-order valence-corrected chi connectivity index (χ3v) is 3.64. The average molecular weight is 272 g/mol. The molecule has 0 spiro atoms. The van der Waals surface area contributed by atoms with Crippen molar-refractivity contribution in [2.75, 3.05) is 19.7 Å². The molecule has 0 saturated carbocycles. The van der Waals surface area contributed by atoms with E-state index in [-0.39, 0.29) is 12.0 Å². The van der Waals surface area contributed by atoms with Crippen molar-refractivity contribution in [3.05, 3.63) is 35.9 Å². The molecule has 1 heterocycles. The predicted octanol–water partition coefficient (Wildman–Crippen LogP) is 2.01. The average Bonchev–Trinajstić information content (AvgIpc) is 2.53. The molecule has 1 aromatic rings. The minimum Gasteiger partial charge on any atom is -0.375 e. The molecule has 1 aliphatic heterocycles. The summed E-state index contributed by atoms with van der Waals surface area (Å²) >= 11 is 0. The van der Waals surface area contributed by atoms with Gasteiger partial charge in [-0.25, -0.2) is 0 Å². The maximum atomic E-state index is 12.4. The highest BCUT2D eigenvalue weighted by Crippen LogP contribution is 2.15. The fourth-order valence-corrected chi connectivity index (χ4v) is 2.42. The van der Waals surface area contributed by atoms with Crippen LogP contribution < -0.4 is 0 Å². The number of carbonyl (C=O) groups is 1. The number of hydrogen-bond donors (Lipinski definition) is 0. The van der Waals surface area contributed by atoms with E-state index in [1.54, 1.807) is 4.90 Å². The van der Waals surface area contributed by atoms with Crippen LogP contribution in [0.25, 0.3) is 0 Å². The van der Waals surface area contributed by atoms with E-state index in [1.807, 2.05) is 37.3 Å². The van der Waals surface area contributed by atoms with Gasteiger partial charge in [0, 0.05) is 13.1 Å². The van der Waals surface area contributed by atoms with E-state index in [1.165, 1.54) is 0 Å². The number of carbonyl (C=O) groups excluding carboxylic acids is 1. The monoisotopic (exact) mass is 272 g/mol. The highest BCUT2D eigenvalue weighted by molar-refractivity contribution is 5.81. The summed E-state index contributed by atoms with van der Waals surface area (Å²) in [7, 11) is 0. The van der Waals surface area contributed by atoms with E-state index < -0.39 is 5.92 Å². The number of benzene rings is 1. The van der Waals surface area contributed by atoms with Gasteiger partial charge >= 0.3 is 0 Å². The van der Waals surface area contributed by atoms with Crippen LogP contribution in [0.1, 0.15) is 18.9 Å². The van der Waals surface area contributed by atoms with Crippen molar-refractivity contribution in [1.29, 1.82) is 5.26 Å². The van der Waals surface area contributed by atoms with Crippen LogP contribution in [0.2, 0.25) is 0 Å². The van der Waals surface area contributed by atoms with Gasteiger partial charge in [0.2, 0.25) is 5.91 Å². The number of amides is 1. The van der Waals surface area contributed by atoms with Crippen LogP contribution in [0.5, 0.6) is 0 Å². The lowest BCUT2D eigenvalue weighted by Gasteiger charge is -2.33. The molecule has 2 atom stereocenters. The topological polar surface area (TPSA) is 53.3 Å². The minimum absolute atomic E-state index is 0.0712. The zero-order chi connectivity index (χ0) is 14.4. The van der Waals surface area contributed by atoms with Crippen molar-refractivity contribution in [3.8, 4) is 6.07 Å². The maximum absolute atomic E-state index is 12.4. The van der Waals surface area contributed by atoms with Crippen LogP contribution >= 0.6 is 0 Å². The Kier molecular flexibility index (Phi) is 5.14. The first-order chi connectivity index (χ1) is 9.74. The van der Waals surface area contributed by atoms with Gasteiger partial charge in [-0.05, 0) is 18.4 Å². The molecule has 106 valence electrons. The molecule has 1 aliphatic rings. The normalized spacial score (nSPS) is 20.2. The van der Waals surface area contributed by atoms with Crippen molar-refractivity contribution in [2.45, 2.75) is 25.9 Å². The van der Waals surface area contributed by atoms with Gasteiger partial charge in [0.15, 0.2) is 0 Å². The van der Waals surface area contributed by atoms with Gasteiger partial charge < -0.3 is 9.64 Å². The molecule has 20 heavy (non-hydrogen) atoms. The Labute approximate surface area is 120 Å². The Morgan fingerprint density at radius 1 is 1.50 bits per heavy atom. The van der Waals surface area contributed by atoms with Gasteiger partial charge in [0.1, 0.15) is 5.92 Å². The van der Waals surface area contributed by atoms with Gasteiger partial charge in [-0.2, -0.15) is 5.26 Å². The molecule has 1 saturated heterocycles. The van der Waals surface area contributed by atoms with Gasteiger partial charge in [-0.1, -0.05) is 37.3 Å². The van der Waals surface area contributed by atoms with Gasteiger partial charge in [-0.15, -0.1) is 0 Å². The maximum Gasteiger partial charge on any atom is 0.240 e. The lowest BCUT2D eigenvalue weighted by Crippen LogP contribution is -2.47. The summed E-state index contributed by atoms with van der Waals surface area (Å²) in [5.74, 6) is -0.675. The summed E-state index contributed by atoms with van der Waals surface area (Å²) in [5.41, 5.74) is 1.02. The second-order valence-electron chi connectivity index (χ2n) is 5.06. The molecule has 0 aromatic heterocycles. The number of rotatable bonds is 4. The molecule has 1 aromatic carbocycles. The Morgan fingerprint density at radius 3 is 2.90 bits per heavy atom. The zero-order valence-corrected chi connectivity index (χ0v) is 11.8. The Bertz CT molecular complexity index is 481. The number of morpholine rings is 1. The fourth-order valence-electron chi connectivity index (χ4n) is 2.42. The third kappa shape index (κ3) is 3.58. The van der Waals surface area contributed by atoms with E-state index in [9.17, 15) is 10.1 Å². The molecular formula is C16H20N2O2. The lowest BCUT2D eigenvalue weighted by molar-refractivity contribution is -0.141. The Hall–Kier alpha value is -1.86. The van der Waals surface area contributed by atoms with Crippen LogP contribution in [-0.2, 0) is 16.0 Å². The molecular weight excluding hydrogens is 252 g/mol. The van der Waals surface area contributed by atoms with Crippen molar-refractivity contribution in [2.24, 2.45) is 5.92 Å². The van der Waals surface area contributed by atoms with E-state index in [2.05, 4.69) is 6.07 Å². The quantitative estimate of drug-likeness (QED) is 0.842. The van der Waals surface area contributed by atoms with Crippen molar-refractivity contribution >= 4 is 5.91 Å². The first-order valence-corrected chi connectivity index (χ1v) is 7.08. The third-order valence-electron chi connectivity index (χ3n) is 3.64. The number of hydrogen-bond acceptors (Lipinski definition) is 3. The van der Waals surface area contributed by atoms with E-state index in [4.69, 9.17) is 4.74 Å². The van der Waals surface area contributed by atoms with Crippen LogP contribution in [0.15, 0.2) is 30.3 Å². The summed E-state index contributed by atoms with van der Waals surface area (Å²) in [6.07, 6.45) is 1.47. The van der Waals surface area contributed by atoms with E-state index >= 15 is 0 Å². The molecule has 1 fully saturated rings. The molecule has 0 bridgehead atoms. The molecule has 2 rings (SSSR count). The first-order valence-electron chi connectivity index (χ1n) is 7.08. The largest absolute Gasteiger partial charge is 0.375 e. The summed E-state index contributed by atoms with van der Waals surface area (Å²) in [5, 5.41) is 9.28. The molecule has 4 heteroatoms. The number of ether oxygens (including phenoxy) is 1. The van der Waals surface area contributed by atoms with Crippen molar-refractivity contribution < 1.29 is 9.53 Å². The number of nitriles is 1. The Morgan fingerprint density at radius 2 is 2.25 bits per heavy atom. The van der Waals surface area contributed by atoms with Gasteiger partial charge in [0.25, 0.3) is 0 Å². The van der Waals surface area contributed by atoms with Gasteiger partial charge in [-0.3, -0.25) is 4.79 Å². The Balaban J connectivity index is 2.00. The highest BCUT2D eigenvalue weighted by atomic mass is 16.5. The van der Waals surface area contributed by atoms with Gasteiger partial charge in [0.05, 0.1) is 18.8 Å². The zero-order valence-electron chi connectivity index (χ0n) is 11.8. The molecule has 0 aliphatic carbocycles. The molecule has 1 amide bonds. The number of nitrogens with zero attached hydrogens (tertiary/aromatic N) is 2. The first kappa shape index (κ1) is 14.5. The standard InChI is InChI=1S/C16H20N2O2/c1-2-15-12-18(8-9-20-15)16(19)14(11-17)10-13-6-4-3-5-7-13/h3-7,14-15H,2,8-10,12H2,1H3. The van der Waals surface area contributed by atoms with Crippen LogP contribution in [0, 0.1) is 17.2 Å². The highest BCUT2D eigenvalue weighted by Gasteiger charge is 2.28. The van der Waals surface area contributed by atoms with Crippen LogP contribution in [0.4, 0.5) is 0 Å². The van der Waals surface area contributed by atoms with Crippen LogP contribution in [-0.4, -0.2) is 36.6 Å².